The third kappa shape index (κ3) is 2.23. The van der Waals surface area contributed by atoms with Crippen LogP contribution in [0, 0.1) is 13.8 Å². The number of fused-ring (bicyclic) bond motifs is 1. The van der Waals surface area contributed by atoms with Gasteiger partial charge in [0.1, 0.15) is 0 Å². The fourth-order valence-electron chi connectivity index (χ4n) is 3.00. The highest BCUT2D eigenvalue weighted by atomic mass is 32.2. The van der Waals surface area contributed by atoms with E-state index in [0.717, 1.165) is 16.8 Å². The maximum absolute atomic E-state index is 11.8. The van der Waals surface area contributed by atoms with Crippen molar-refractivity contribution < 1.29 is 8.42 Å². The molecule has 0 aliphatic carbocycles. The molecule has 0 unspecified atom stereocenters. The largest absolute Gasteiger partial charge is 0.356 e. The van der Waals surface area contributed by atoms with Crippen LogP contribution in [0.4, 0.5) is 5.69 Å². The van der Waals surface area contributed by atoms with Gasteiger partial charge in [0.2, 0.25) is 0 Å². The average Bonchev–Trinajstić information content (AvgIpc) is 2.66. The van der Waals surface area contributed by atoms with Crippen LogP contribution in [0.15, 0.2) is 18.2 Å². The molecule has 1 aromatic carbocycles. The number of hydrogen-bond donors (Lipinski definition) is 1. The highest BCUT2D eigenvalue weighted by Crippen LogP contribution is 2.30. The van der Waals surface area contributed by atoms with Gasteiger partial charge in [0.25, 0.3) is 0 Å². The highest BCUT2D eigenvalue weighted by molar-refractivity contribution is 7.91. The number of sulfone groups is 1. The van der Waals surface area contributed by atoms with Crippen LogP contribution in [-0.4, -0.2) is 37.1 Å². The first kappa shape index (κ1) is 12.9. The second kappa shape index (κ2) is 4.18. The third-order valence-corrected chi connectivity index (χ3v) is 5.70. The van der Waals surface area contributed by atoms with Crippen molar-refractivity contribution in [1.29, 1.82) is 0 Å². The number of aryl methyl sites for hydroxylation is 2. The van der Waals surface area contributed by atoms with Crippen LogP contribution in [0.1, 0.15) is 11.1 Å². The number of nitrogens with one attached hydrogen (secondary N) is 1. The molecular formula is C13H16N2O2S2. The van der Waals surface area contributed by atoms with Crippen molar-refractivity contribution in [2.75, 3.05) is 16.4 Å². The summed E-state index contributed by atoms with van der Waals surface area (Å²) < 4.78 is 23.5. The van der Waals surface area contributed by atoms with E-state index >= 15 is 0 Å². The smallest absolute Gasteiger partial charge is 0.174 e. The molecule has 6 heteroatoms. The first-order valence-corrected chi connectivity index (χ1v) is 8.47. The molecule has 1 aromatic rings. The monoisotopic (exact) mass is 296 g/mol. The molecule has 2 atom stereocenters. The molecule has 0 amide bonds. The lowest BCUT2D eigenvalue weighted by Gasteiger charge is -2.24. The Labute approximate surface area is 118 Å². The molecule has 2 aliphatic rings. The fourth-order valence-corrected chi connectivity index (χ4v) is 5.28. The molecule has 2 fully saturated rings. The zero-order chi connectivity index (χ0) is 13.8. The van der Waals surface area contributed by atoms with Crippen LogP contribution < -0.4 is 10.2 Å². The average molecular weight is 296 g/mol. The van der Waals surface area contributed by atoms with E-state index in [1.165, 1.54) is 0 Å². The van der Waals surface area contributed by atoms with E-state index in [2.05, 4.69) is 11.4 Å². The minimum atomic E-state index is -2.95. The normalized spacial score (nSPS) is 28.3. The summed E-state index contributed by atoms with van der Waals surface area (Å²) in [7, 11) is -2.95. The minimum absolute atomic E-state index is 0.0706. The molecule has 4 nitrogen and oxygen atoms in total. The Morgan fingerprint density at radius 1 is 1.21 bits per heavy atom. The second-order valence-corrected chi connectivity index (χ2v) is 7.96. The summed E-state index contributed by atoms with van der Waals surface area (Å²) >= 11 is 5.36. The van der Waals surface area contributed by atoms with E-state index in [1.54, 1.807) is 0 Å². The molecule has 3 rings (SSSR count). The predicted octanol–water partition coefficient (Wildman–Crippen LogP) is 1.16. The first-order chi connectivity index (χ1) is 8.85. The zero-order valence-corrected chi connectivity index (χ0v) is 12.5. The van der Waals surface area contributed by atoms with Gasteiger partial charge in [0, 0.05) is 5.69 Å². The maximum Gasteiger partial charge on any atom is 0.174 e. The lowest BCUT2D eigenvalue weighted by atomic mass is 10.1. The molecule has 2 heterocycles. The summed E-state index contributed by atoms with van der Waals surface area (Å²) in [5, 5.41) is 3.77. The highest BCUT2D eigenvalue weighted by Gasteiger charge is 2.47. The molecule has 0 bridgehead atoms. The zero-order valence-electron chi connectivity index (χ0n) is 10.9. The Morgan fingerprint density at radius 3 is 2.47 bits per heavy atom. The van der Waals surface area contributed by atoms with Crippen molar-refractivity contribution >= 4 is 32.9 Å². The number of benzene rings is 1. The van der Waals surface area contributed by atoms with Crippen molar-refractivity contribution in [1.82, 2.24) is 5.32 Å². The number of hydrogen-bond acceptors (Lipinski definition) is 3. The van der Waals surface area contributed by atoms with Crippen LogP contribution in [0.2, 0.25) is 0 Å². The number of anilines is 1. The summed E-state index contributed by atoms with van der Waals surface area (Å²) in [5.74, 6) is 0.358. The molecule has 2 saturated heterocycles. The van der Waals surface area contributed by atoms with Crippen LogP contribution in [0.5, 0.6) is 0 Å². The van der Waals surface area contributed by atoms with E-state index in [9.17, 15) is 8.42 Å². The third-order valence-electron chi connectivity index (χ3n) is 3.67. The summed E-state index contributed by atoms with van der Waals surface area (Å²) in [4.78, 5) is 1.96. The van der Waals surface area contributed by atoms with Gasteiger partial charge < -0.3 is 10.2 Å². The van der Waals surface area contributed by atoms with Gasteiger partial charge in [-0.15, -0.1) is 0 Å². The summed E-state index contributed by atoms with van der Waals surface area (Å²) in [6.45, 7) is 4.07. The molecule has 0 spiro atoms. The van der Waals surface area contributed by atoms with E-state index in [4.69, 9.17) is 12.2 Å². The minimum Gasteiger partial charge on any atom is -0.356 e. The van der Waals surface area contributed by atoms with Gasteiger partial charge >= 0.3 is 0 Å². The van der Waals surface area contributed by atoms with Crippen LogP contribution >= 0.6 is 12.2 Å². The van der Waals surface area contributed by atoms with Crippen molar-refractivity contribution in [3.63, 3.8) is 0 Å². The second-order valence-electron chi connectivity index (χ2n) is 5.42. The van der Waals surface area contributed by atoms with Crippen LogP contribution in [0.25, 0.3) is 0 Å². The van der Waals surface area contributed by atoms with E-state index in [0.29, 0.717) is 5.11 Å². The van der Waals surface area contributed by atoms with Gasteiger partial charge in [-0.25, -0.2) is 8.42 Å². The number of rotatable bonds is 1. The van der Waals surface area contributed by atoms with Crippen LogP contribution in [0.3, 0.4) is 0 Å². The van der Waals surface area contributed by atoms with Gasteiger partial charge in [-0.3, -0.25) is 0 Å². The fraction of sp³-hybridized carbons (Fsp3) is 0.462. The van der Waals surface area contributed by atoms with Crippen LogP contribution in [-0.2, 0) is 9.84 Å². The lowest BCUT2D eigenvalue weighted by Crippen LogP contribution is -2.36. The maximum atomic E-state index is 11.8. The molecule has 0 radical (unpaired) electrons. The van der Waals surface area contributed by atoms with Crippen molar-refractivity contribution in [3.05, 3.63) is 29.3 Å². The Kier molecular flexibility index (Phi) is 2.83. The van der Waals surface area contributed by atoms with E-state index < -0.39 is 9.84 Å². The molecule has 0 saturated carbocycles. The van der Waals surface area contributed by atoms with Gasteiger partial charge in [-0.2, -0.15) is 0 Å². The SMILES string of the molecule is Cc1cc(C)cc(N2C(=S)N[C@@H]3CS(=O)(=O)C[C@@H]32)c1. The Bertz CT molecular complexity index is 634. The van der Waals surface area contributed by atoms with Gasteiger partial charge in [0.05, 0.1) is 23.6 Å². The van der Waals surface area contributed by atoms with Crippen molar-refractivity contribution in [2.45, 2.75) is 25.9 Å². The predicted molar refractivity (Wildman–Crippen MR) is 80.4 cm³/mol. The topological polar surface area (TPSA) is 49.4 Å². The Morgan fingerprint density at radius 2 is 1.84 bits per heavy atom. The van der Waals surface area contributed by atoms with E-state index in [-0.39, 0.29) is 23.6 Å². The quantitative estimate of drug-likeness (QED) is 0.788. The molecular weight excluding hydrogens is 280 g/mol. The molecule has 102 valence electrons. The van der Waals surface area contributed by atoms with Gasteiger partial charge in [0.15, 0.2) is 14.9 Å². The molecule has 2 aliphatic heterocycles. The number of thiocarbonyl (C=S) groups is 1. The van der Waals surface area contributed by atoms with Crippen molar-refractivity contribution in [2.24, 2.45) is 0 Å². The molecule has 1 N–H and O–H groups in total. The first-order valence-electron chi connectivity index (χ1n) is 6.24. The summed E-state index contributed by atoms with van der Waals surface area (Å²) in [5.41, 5.74) is 3.30. The molecule has 19 heavy (non-hydrogen) atoms. The standard InChI is InChI=1S/C13H16N2O2S2/c1-8-3-9(2)5-10(4-8)15-12-7-19(16,17)6-11(12)14-13(15)18/h3-5,11-12H,6-7H2,1-2H3,(H,14,18)/t11-,12+/m1/s1. The Balaban J connectivity index is 2.02. The summed E-state index contributed by atoms with van der Waals surface area (Å²) in [6.07, 6.45) is 0. The number of nitrogens with zero attached hydrogens (tertiary/aromatic N) is 1. The van der Waals surface area contributed by atoms with Crippen molar-refractivity contribution in [3.8, 4) is 0 Å². The summed E-state index contributed by atoms with van der Waals surface area (Å²) in [6, 6.07) is 6.05. The van der Waals surface area contributed by atoms with E-state index in [1.807, 2.05) is 30.9 Å². The lowest BCUT2D eigenvalue weighted by molar-refractivity contribution is 0.600. The van der Waals surface area contributed by atoms with Gasteiger partial charge in [-0.1, -0.05) is 6.07 Å². The Hall–Kier alpha value is -1.14. The van der Waals surface area contributed by atoms with Gasteiger partial charge in [-0.05, 0) is 49.3 Å². The molecule has 0 aromatic heterocycles.